The molecule has 1 N–H and O–H groups in total. The molecule has 0 bridgehead atoms. The summed E-state index contributed by atoms with van der Waals surface area (Å²) in [5.41, 5.74) is 0.133. The number of ether oxygens (including phenoxy) is 1. The van der Waals surface area contributed by atoms with Crippen LogP contribution in [0.5, 0.6) is 0 Å². The third-order valence-electron chi connectivity index (χ3n) is 3.55. The van der Waals surface area contributed by atoms with E-state index in [4.69, 9.17) is 4.74 Å². The lowest BCUT2D eigenvalue weighted by molar-refractivity contribution is -0.114. The number of rotatable bonds is 7. The second-order valence-corrected chi connectivity index (χ2v) is 7.62. The Balaban J connectivity index is 2.15. The largest absolute Gasteiger partial charge is 0.462 e. The minimum Gasteiger partial charge on any atom is -0.462 e. The first-order valence-electron chi connectivity index (χ1n) is 8.11. The molecular weight excluding hydrogens is 394 g/mol. The number of nitrogens with zero attached hydrogens (tertiary/aromatic N) is 1. The molecule has 28 heavy (non-hydrogen) atoms. The summed E-state index contributed by atoms with van der Waals surface area (Å²) in [5, 5.41) is 2.45. The highest BCUT2D eigenvalue weighted by molar-refractivity contribution is 7.92. The lowest BCUT2D eigenvalue weighted by atomic mass is 10.2. The average molecular weight is 412 g/mol. The summed E-state index contributed by atoms with van der Waals surface area (Å²) < 4.78 is 56.4. The number of anilines is 2. The Morgan fingerprint density at radius 2 is 1.75 bits per heavy atom. The molecule has 2 aromatic rings. The van der Waals surface area contributed by atoms with Crippen LogP contribution in [0.4, 0.5) is 20.2 Å². The van der Waals surface area contributed by atoms with Gasteiger partial charge in [-0.2, -0.15) is 0 Å². The number of hydrogen-bond acceptors (Lipinski definition) is 5. The molecule has 0 radical (unpaired) electrons. The Morgan fingerprint density at radius 1 is 1.11 bits per heavy atom. The third kappa shape index (κ3) is 5.49. The SMILES string of the molecule is CCOC(=O)c1ccc(NC(=O)CN(c2ccc(F)cc2F)S(C)(=O)=O)cc1. The standard InChI is InChI=1S/C18H18F2N2O5S/c1-3-27-18(24)12-4-7-14(8-5-12)21-17(23)11-22(28(2,25)26)16-9-6-13(19)10-15(16)20/h4-10H,3,11H2,1-2H3,(H,21,23). The van der Waals surface area contributed by atoms with Gasteiger partial charge in [0.25, 0.3) is 0 Å². The molecule has 0 aliphatic heterocycles. The van der Waals surface area contributed by atoms with Crippen LogP contribution in [0.1, 0.15) is 17.3 Å². The number of esters is 1. The molecule has 0 spiro atoms. The summed E-state index contributed by atoms with van der Waals surface area (Å²) in [7, 11) is -4.02. The van der Waals surface area contributed by atoms with Gasteiger partial charge in [-0.15, -0.1) is 0 Å². The molecule has 0 aliphatic carbocycles. The van der Waals surface area contributed by atoms with Gasteiger partial charge in [-0.3, -0.25) is 9.10 Å². The molecule has 150 valence electrons. The van der Waals surface area contributed by atoms with E-state index in [-0.39, 0.29) is 12.2 Å². The van der Waals surface area contributed by atoms with Crippen LogP contribution in [0.3, 0.4) is 0 Å². The van der Waals surface area contributed by atoms with Crippen LogP contribution in [0.15, 0.2) is 42.5 Å². The van der Waals surface area contributed by atoms with Crippen LogP contribution in [-0.4, -0.2) is 39.7 Å². The van der Waals surface area contributed by atoms with E-state index in [1.165, 1.54) is 24.3 Å². The second-order valence-electron chi connectivity index (χ2n) is 5.71. The van der Waals surface area contributed by atoms with Crippen LogP contribution in [0.2, 0.25) is 0 Å². The predicted molar refractivity (Wildman–Crippen MR) is 99.6 cm³/mol. The van der Waals surface area contributed by atoms with Crippen LogP contribution in [-0.2, 0) is 19.6 Å². The van der Waals surface area contributed by atoms with Crippen molar-refractivity contribution in [3.63, 3.8) is 0 Å². The molecule has 0 saturated carbocycles. The van der Waals surface area contributed by atoms with Crippen molar-refractivity contribution >= 4 is 33.3 Å². The number of hydrogen-bond donors (Lipinski definition) is 1. The second kappa shape index (κ2) is 8.79. The Morgan fingerprint density at radius 3 is 2.29 bits per heavy atom. The van der Waals surface area contributed by atoms with Crippen LogP contribution in [0.25, 0.3) is 0 Å². The molecule has 0 aromatic heterocycles. The Hall–Kier alpha value is -3.01. The highest BCUT2D eigenvalue weighted by atomic mass is 32.2. The first-order chi connectivity index (χ1) is 13.1. The van der Waals surface area contributed by atoms with E-state index in [1.54, 1.807) is 6.92 Å². The summed E-state index contributed by atoms with van der Waals surface area (Å²) in [6, 6.07) is 8.10. The number of nitrogens with one attached hydrogen (secondary N) is 1. The average Bonchev–Trinajstić information content (AvgIpc) is 2.60. The van der Waals surface area contributed by atoms with E-state index >= 15 is 0 Å². The number of carbonyl (C=O) groups is 2. The van der Waals surface area contributed by atoms with Gasteiger partial charge in [0.1, 0.15) is 18.2 Å². The van der Waals surface area contributed by atoms with Crippen LogP contribution in [0, 0.1) is 11.6 Å². The number of carbonyl (C=O) groups excluding carboxylic acids is 2. The van der Waals surface area contributed by atoms with Gasteiger partial charge in [0.05, 0.1) is 24.1 Å². The van der Waals surface area contributed by atoms with Crippen molar-refractivity contribution < 1.29 is 31.5 Å². The summed E-state index contributed by atoms with van der Waals surface area (Å²) in [5.74, 6) is -3.26. The molecule has 0 fully saturated rings. The van der Waals surface area contributed by atoms with Gasteiger partial charge in [-0.25, -0.2) is 22.0 Å². The topological polar surface area (TPSA) is 92.8 Å². The molecule has 10 heteroatoms. The quantitative estimate of drug-likeness (QED) is 0.706. The molecule has 2 aromatic carbocycles. The zero-order valence-corrected chi connectivity index (χ0v) is 15.9. The van der Waals surface area contributed by atoms with Crippen molar-refractivity contribution in [1.82, 2.24) is 0 Å². The summed E-state index contributed by atoms with van der Waals surface area (Å²) >= 11 is 0. The number of sulfonamides is 1. The lowest BCUT2D eigenvalue weighted by Gasteiger charge is -2.22. The van der Waals surface area contributed by atoms with Gasteiger partial charge >= 0.3 is 5.97 Å². The first kappa shape index (κ1) is 21.3. The zero-order chi connectivity index (χ0) is 20.9. The third-order valence-corrected chi connectivity index (χ3v) is 4.67. The number of benzene rings is 2. The highest BCUT2D eigenvalue weighted by Gasteiger charge is 2.24. The van der Waals surface area contributed by atoms with Crippen molar-refractivity contribution in [2.24, 2.45) is 0 Å². The minimum atomic E-state index is -4.02. The van der Waals surface area contributed by atoms with Gasteiger partial charge in [0, 0.05) is 11.8 Å². The predicted octanol–water partition coefficient (Wildman–Crippen LogP) is 2.55. The van der Waals surface area contributed by atoms with Gasteiger partial charge in [0.15, 0.2) is 0 Å². The van der Waals surface area contributed by atoms with E-state index in [2.05, 4.69) is 5.32 Å². The van der Waals surface area contributed by atoms with E-state index in [0.717, 1.165) is 18.4 Å². The van der Waals surface area contributed by atoms with E-state index in [9.17, 15) is 26.8 Å². The van der Waals surface area contributed by atoms with Crippen LogP contribution < -0.4 is 9.62 Å². The molecule has 0 heterocycles. The highest BCUT2D eigenvalue weighted by Crippen LogP contribution is 2.22. The maximum absolute atomic E-state index is 14.0. The minimum absolute atomic E-state index is 0.221. The molecule has 0 unspecified atom stereocenters. The monoisotopic (exact) mass is 412 g/mol. The van der Waals surface area contributed by atoms with Crippen LogP contribution >= 0.6 is 0 Å². The molecular formula is C18H18F2N2O5S. The fraction of sp³-hybridized carbons (Fsp3) is 0.222. The molecule has 7 nitrogen and oxygen atoms in total. The van der Waals surface area contributed by atoms with Crippen molar-refractivity contribution in [2.45, 2.75) is 6.92 Å². The molecule has 0 aliphatic rings. The maximum atomic E-state index is 14.0. The first-order valence-corrected chi connectivity index (χ1v) is 9.96. The number of amides is 1. The Kier molecular flexibility index (Phi) is 6.68. The van der Waals surface area contributed by atoms with Gasteiger partial charge in [-0.05, 0) is 43.3 Å². The fourth-order valence-electron chi connectivity index (χ4n) is 2.30. The summed E-state index contributed by atoms with van der Waals surface area (Å²) in [6.07, 6.45) is 0.803. The normalized spacial score (nSPS) is 11.0. The van der Waals surface area contributed by atoms with Crippen molar-refractivity contribution in [3.8, 4) is 0 Å². The molecule has 0 saturated heterocycles. The number of halogens is 2. The van der Waals surface area contributed by atoms with Gasteiger partial charge < -0.3 is 10.1 Å². The zero-order valence-electron chi connectivity index (χ0n) is 15.1. The van der Waals surface area contributed by atoms with E-state index in [0.29, 0.717) is 16.1 Å². The van der Waals surface area contributed by atoms with Crippen molar-refractivity contribution in [2.75, 3.05) is 29.0 Å². The van der Waals surface area contributed by atoms with E-state index in [1.807, 2.05) is 0 Å². The van der Waals surface area contributed by atoms with E-state index < -0.39 is 45.8 Å². The van der Waals surface area contributed by atoms with Gasteiger partial charge in [-0.1, -0.05) is 0 Å². The molecule has 1 amide bonds. The molecule has 0 atom stereocenters. The summed E-state index contributed by atoms with van der Waals surface area (Å²) in [4.78, 5) is 23.8. The van der Waals surface area contributed by atoms with Crippen molar-refractivity contribution in [1.29, 1.82) is 0 Å². The lowest BCUT2D eigenvalue weighted by Crippen LogP contribution is -2.38. The summed E-state index contributed by atoms with van der Waals surface area (Å²) in [6.45, 7) is 1.17. The van der Waals surface area contributed by atoms with Crippen molar-refractivity contribution in [3.05, 3.63) is 59.7 Å². The molecule has 2 rings (SSSR count). The Bertz CT molecular complexity index is 978. The smallest absolute Gasteiger partial charge is 0.338 e. The Labute approximate surface area is 161 Å². The fourth-order valence-corrected chi connectivity index (χ4v) is 3.16. The maximum Gasteiger partial charge on any atom is 0.338 e. The van der Waals surface area contributed by atoms with Gasteiger partial charge in [0.2, 0.25) is 15.9 Å².